The van der Waals surface area contributed by atoms with Crippen molar-refractivity contribution in [2.45, 2.75) is 13.5 Å². The Kier molecular flexibility index (Phi) is 4.95. The van der Waals surface area contributed by atoms with Gasteiger partial charge in [-0.1, -0.05) is 35.9 Å². The lowest BCUT2D eigenvalue weighted by Gasteiger charge is -2.14. The molecule has 2 N–H and O–H groups in total. The van der Waals surface area contributed by atoms with Gasteiger partial charge in [-0.15, -0.1) is 0 Å². The lowest BCUT2D eigenvalue weighted by Crippen LogP contribution is -2.08. The van der Waals surface area contributed by atoms with Gasteiger partial charge in [-0.25, -0.2) is 24.9 Å². The Morgan fingerprint density at radius 3 is 2.77 bits per heavy atom. The number of imidazole rings is 1. The third-order valence-corrected chi connectivity index (χ3v) is 6.50. The van der Waals surface area contributed by atoms with Crippen LogP contribution in [0.5, 0.6) is 0 Å². The van der Waals surface area contributed by atoms with Crippen LogP contribution in [0.2, 0.25) is 5.02 Å². The SMILES string of the molecule is Cc1ccc2nc(-c3ccccc3Cl)c(CNc3ncnc4[nH]cnc34)nc2c1I. The summed E-state index contributed by atoms with van der Waals surface area (Å²) in [6, 6.07) is 11.7. The molecule has 2 aromatic carbocycles. The van der Waals surface area contributed by atoms with Crippen molar-refractivity contribution in [1.29, 1.82) is 0 Å². The van der Waals surface area contributed by atoms with Crippen molar-refractivity contribution in [2.24, 2.45) is 0 Å². The summed E-state index contributed by atoms with van der Waals surface area (Å²) in [4.78, 5) is 25.7. The molecule has 9 heteroatoms. The maximum atomic E-state index is 6.49. The molecule has 3 heterocycles. The number of anilines is 1. The van der Waals surface area contributed by atoms with E-state index in [4.69, 9.17) is 21.6 Å². The van der Waals surface area contributed by atoms with Crippen LogP contribution in [0, 0.1) is 10.5 Å². The number of aromatic amines is 1. The van der Waals surface area contributed by atoms with Gasteiger partial charge in [-0.2, -0.15) is 0 Å². The Bertz CT molecular complexity index is 1400. The van der Waals surface area contributed by atoms with E-state index in [2.05, 4.69) is 60.8 Å². The molecular weight excluding hydrogens is 513 g/mol. The van der Waals surface area contributed by atoms with E-state index in [1.165, 1.54) is 6.33 Å². The summed E-state index contributed by atoms with van der Waals surface area (Å²) in [5.74, 6) is 0.632. The van der Waals surface area contributed by atoms with Gasteiger partial charge in [-0.05, 0) is 47.2 Å². The number of fused-ring (bicyclic) bond motifs is 2. The summed E-state index contributed by atoms with van der Waals surface area (Å²) in [5, 5.41) is 3.97. The summed E-state index contributed by atoms with van der Waals surface area (Å²) in [6.45, 7) is 2.48. The highest BCUT2D eigenvalue weighted by atomic mass is 127. The van der Waals surface area contributed by atoms with Gasteiger partial charge in [0.2, 0.25) is 0 Å². The van der Waals surface area contributed by atoms with Crippen LogP contribution in [-0.2, 0) is 6.54 Å². The fourth-order valence-electron chi connectivity index (χ4n) is 3.28. The van der Waals surface area contributed by atoms with Crippen LogP contribution < -0.4 is 5.32 Å². The van der Waals surface area contributed by atoms with E-state index in [9.17, 15) is 0 Å². The van der Waals surface area contributed by atoms with Crippen molar-refractivity contribution in [3.05, 3.63) is 68.9 Å². The van der Waals surface area contributed by atoms with Crippen LogP contribution in [-0.4, -0.2) is 29.9 Å². The average molecular weight is 528 g/mol. The molecule has 5 aromatic rings. The lowest BCUT2D eigenvalue weighted by atomic mass is 10.1. The third-order valence-electron chi connectivity index (χ3n) is 4.81. The average Bonchev–Trinajstić information content (AvgIpc) is 3.24. The van der Waals surface area contributed by atoms with Crippen LogP contribution >= 0.6 is 34.2 Å². The molecule has 30 heavy (non-hydrogen) atoms. The number of aryl methyl sites for hydroxylation is 1. The zero-order chi connectivity index (χ0) is 20.7. The second-order valence-corrected chi connectivity index (χ2v) is 8.22. The van der Waals surface area contributed by atoms with E-state index >= 15 is 0 Å². The largest absolute Gasteiger partial charge is 0.362 e. The Labute approximate surface area is 190 Å². The highest BCUT2D eigenvalue weighted by molar-refractivity contribution is 14.1. The first-order chi connectivity index (χ1) is 14.6. The molecule has 148 valence electrons. The van der Waals surface area contributed by atoms with Gasteiger partial charge in [0.15, 0.2) is 11.5 Å². The van der Waals surface area contributed by atoms with Crippen molar-refractivity contribution in [2.75, 3.05) is 5.32 Å². The molecule has 0 atom stereocenters. The smallest absolute Gasteiger partial charge is 0.162 e. The van der Waals surface area contributed by atoms with Crippen LogP contribution in [0.15, 0.2) is 49.1 Å². The maximum Gasteiger partial charge on any atom is 0.162 e. The Hall–Kier alpha value is -2.85. The molecule has 0 saturated carbocycles. The van der Waals surface area contributed by atoms with E-state index in [0.717, 1.165) is 37.1 Å². The fourth-order valence-corrected chi connectivity index (χ4v) is 4.08. The molecule has 5 rings (SSSR count). The number of hydrogen-bond donors (Lipinski definition) is 2. The number of aromatic nitrogens is 6. The van der Waals surface area contributed by atoms with Crippen LogP contribution in [0.4, 0.5) is 5.82 Å². The fraction of sp³-hybridized carbons (Fsp3) is 0.0952. The summed E-state index contributed by atoms with van der Waals surface area (Å²) < 4.78 is 1.08. The van der Waals surface area contributed by atoms with Crippen molar-refractivity contribution < 1.29 is 0 Å². The first-order valence-corrected chi connectivity index (χ1v) is 10.7. The van der Waals surface area contributed by atoms with E-state index in [1.807, 2.05) is 30.3 Å². The summed E-state index contributed by atoms with van der Waals surface area (Å²) in [6.07, 6.45) is 3.09. The molecule has 0 aliphatic carbocycles. The summed E-state index contributed by atoms with van der Waals surface area (Å²) in [5.41, 5.74) is 6.58. The predicted molar refractivity (Wildman–Crippen MR) is 126 cm³/mol. The molecule has 0 spiro atoms. The zero-order valence-electron chi connectivity index (χ0n) is 15.8. The minimum atomic E-state index is 0.409. The number of benzene rings is 2. The van der Waals surface area contributed by atoms with Crippen molar-refractivity contribution in [3.8, 4) is 11.3 Å². The number of nitrogens with zero attached hydrogens (tertiary/aromatic N) is 5. The molecule has 0 amide bonds. The molecule has 0 fully saturated rings. The Balaban J connectivity index is 1.64. The second kappa shape index (κ2) is 7.77. The van der Waals surface area contributed by atoms with Gasteiger partial charge in [0.05, 0.1) is 34.8 Å². The highest BCUT2D eigenvalue weighted by Gasteiger charge is 2.16. The monoisotopic (exact) mass is 527 g/mol. The van der Waals surface area contributed by atoms with Crippen LogP contribution in [0.25, 0.3) is 33.5 Å². The van der Waals surface area contributed by atoms with Gasteiger partial charge >= 0.3 is 0 Å². The molecule has 0 radical (unpaired) electrons. The molecule has 0 unspecified atom stereocenters. The number of halogens is 2. The molecule has 0 aliphatic heterocycles. The van der Waals surface area contributed by atoms with Crippen molar-refractivity contribution in [3.63, 3.8) is 0 Å². The van der Waals surface area contributed by atoms with Crippen molar-refractivity contribution >= 4 is 62.2 Å². The minimum absolute atomic E-state index is 0.409. The first-order valence-electron chi connectivity index (χ1n) is 9.20. The quantitative estimate of drug-likeness (QED) is 0.314. The second-order valence-electron chi connectivity index (χ2n) is 6.74. The third kappa shape index (κ3) is 3.35. The maximum absolute atomic E-state index is 6.49. The molecular formula is C21H15ClIN7. The number of nitrogens with one attached hydrogen (secondary N) is 2. The standard InChI is InChI=1S/C21H15ClIN7/c1-11-6-7-14-18(16(11)23)30-15(17(29-14)12-4-2-3-5-13(12)22)8-24-20-19-21(26-9-25-19)28-10-27-20/h2-7,9-10H,8H2,1H3,(H2,24,25,26,27,28). The molecule has 3 aromatic heterocycles. The minimum Gasteiger partial charge on any atom is -0.362 e. The van der Waals surface area contributed by atoms with Crippen LogP contribution in [0.1, 0.15) is 11.3 Å². The highest BCUT2D eigenvalue weighted by Crippen LogP contribution is 2.31. The number of rotatable bonds is 4. The normalized spacial score (nSPS) is 11.3. The molecule has 0 bridgehead atoms. The number of hydrogen-bond acceptors (Lipinski definition) is 6. The molecule has 0 aliphatic rings. The van der Waals surface area contributed by atoms with Gasteiger partial charge in [0.1, 0.15) is 17.4 Å². The first kappa shape index (κ1) is 19.1. The van der Waals surface area contributed by atoms with Gasteiger partial charge < -0.3 is 10.3 Å². The Morgan fingerprint density at radius 2 is 1.90 bits per heavy atom. The van der Waals surface area contributed by atoms with E-state index in [0.29, 0.717) is 28.5 Å². The summed E-state index contributed by atoms with van der Waals surface area (Å²) >= 11 is 8.81. The van der Waals surface area contributed by atoms with Gasteiger partial charge in [0, 0.05) is 9.13 Å². The van der Waals surface area contributed by atoms with Crippen LogP contribution in [0.3, 0.4) is 0 Å². The van der Waals surface area contributed by atoms with Gasteiger partial charge in [-0.3, -0.25) is 0 Å². The number of H-pyrrole nitrogens is 1. The van der Waals surface area contributed by atoms with E-state index in [1.54, 1.807) is 6.33 Å². The van der Waals surface area contributed by atoms with E-state index < -0.39 is 0 Å². The zero-order valence-corrected chi connectivity index (χ0v) is 18.7. The Morgan fingerprint density at radius 1 is 1.03 bits per heavy atom. The van der Waals surface area contributed by atoms with E-state index in [-0.39, 0.29) is 0 Å². The predicted octanol–water partition coefficient (Wildman–Crippen LogP) is 5.14. The van der Waals surface area contributed by atoms with Gasteiger partial charge in [0.25, 0.3) is 0 Å². The van der Waals surface area contributed by atoms with Crippen molar-refractivity contribution in [1.82, 2.24) is 29.9 Å². The topological polar surface area (TPSA) is 92.3 Å². The molecule has 7 nitrogen and oxygen atoms in total. The summed E-state index contributed by atoms with van der Waals surface area (Å²) in [7, 11) is 0. The lowest BCUT2D eigenvalue weighted by molar-refractivity contribution is 1.03. The molecule has 0 saturated heterocycles.